The van der Waals surface area contributed by atoms with Crippen LogP contribution in [0.2, 0.25) is 5.02 Å². The molecule has 2 N–H and O–H groups in total. The van der Waals surface area contributed by atoms with Crippen molar-refractivity contribution in [1.29, 1.82) is 0 Å². The van der Waals surface area contributed by atoms with Gasteiger partial charge in [-0.1, -0.05) is 23.7 Å². The molecule has 1 aliphatic heterocycles. The maximum atomic E-state index is 13.5. The first-order valence-corrected chi connectivity index (χ1v) is 11.5. The molecule has 0 aromatic heterocycles. The molecule has 35 heavy (non-hydrogen) atoms. The predicted molar refractivity (Wildman–Crippen MR) is 130 cm³/mol. The Hall–Kier alpha value is -3.28. The number of hydrogen-bond donors (Lipinski definition) is 2. The molecule has 1 heterocycles. The second-order valence-corrected chi connectivity index (χ2v) is 9.10. The van der Waals surface area contributed by atoms with Gasteiger partial charge in [-0.2, -0.15) is 0 Å². The Morgan fingerprint density at radius 2 is 1.77 bits per heavy atom. The number of carbonyl (C=O) groups is 4. The third-order valence-corrected chi connectivity index (χ3v) is 6.44. The van der Waals surface area contributed by atoms with Crippen molar-refractivity contribution < 1.29 is 38.9 Å². The third-order valence-electron chi connectivity index (χ3n) is 4.85. The van der Waals surface area contributed by atoms with E-state index in [4.69, 9.17) is 40.9 Å². The molecule has 0 saturated carbocycles. The van der Waals surface area contributed by atoms with Crippen LogP contribution < -0.4 is 9.64 Å². The Bertz CT molecular complexity index is 1050. The van der Waals surface area contributed by atoms with Crippen molar-refractivity contribution >= 4 is 53.4 Å². The number of ether oxygens (including phenoxy) is 2. The van der Waals surface area contributed by atoms with E-state index in [1.165, 1.54) is 11.8 Å². The quantitative estimate of drug-likeness (QED) is 0.411. The second kappa shape index (κ2) is 13.0. The van der Waals surface area contributed by atoms with Crippen LogP contribution in [-0.4, -0.2) is 79.8 Å². The highest BCUT2D eigenvalue weighted by molar-refractivity contribution is 7.99. The first-order valence-electron chi connectivity index (χ1n) is 10.2. The number of nitrogens with zero attached hydrogens (tertiary/aromatic N) is 2. The van der Waals surface area contributed by atoms with Gasteiger partial charge < -0.3 is 29.5 Å². The van der Waals surface area contributed by atoms with E-state index in [1.807, 2.05) is 55.4 Å². The van der Waals surface area contributed by atoms with Crippen LogP contribution in [0.25, 0.3) is 0 Å². The monoisotopic (exact) mass is 524 g/mol. The van der Waals surface area contributed by atoms with Crippen LogP contribution in [0.3, 0.4) is 0 Å². The number of likely N-dealkylation sites (N-methyl/N-ethyl adjacent to an activating group) is 1. The fraction of sp³-hybridized carbons (Fsp3) is 0.304. The minimum absolute atomic E-state index is 0.256. The number of carbonyl (C=O) groups excluding carboxylic acids is 2. The first kappa shape index (κ1) is 28.0. The van der Waals surface area contributed by atoms with Crippen LogP contribution in [0.4, 0.5) is 5.69 Å². The predicted octanol–water partition coefficient (Wildman–Crippen LogP) is 2.79. The number of amides is 1. The van der Waals surface area contributed by atoms with E-state index in [0.717, 1.165) is 16.1 Å². The summed E-state index contributed by atoms with van der Waals surface area (Å²) in [7, 11) is 5.48. The Morgan fingerprint density at radius 3 is 2.29 bits per heavy atom. The average molecular weight is 525 g/mol. The molecule has 1 amide bonds. The molecule has 0 aliphatic carbocycles. The number of carboxylic acid groups (broad SMARTS) is 2. The van der Waals surface area contributed by atoms with Gasteiger partial charge in [0.25, 0.3) is 12.4 Å². The van der Waals surface area contributed by atoms with Crippen LogP contribution in [0.5, 0.6) is 5.75 Å². The molecule has 10 nitrogen and oxygen atoms in total. The van der Waals surface area contributed by atoms with Gasteiger partial charge in [-0.3, -0.25) is 9.59 Å². The number of benzene rings is 2. The van der Waals surface area contributed by atoms with Crippen LogP contribution in [0.1, 0.15) is 10.8 Å². The van der Waals surface area contributed by atoms with Crippen LogP contribution in [-0.2, 0) is 23.9 Å². The van der Waals surface area contributed by atoms with Gasteiger partial charge in [0, 0.05) is 23.0 Å². The van der Waals surface area contributed by atoms with Gasteiger partial charge in [0.05, 0.1) is 18.0 Å². The topological polar surface area (TPSA) is 134 Å². The SMILES string of the molecule is COc1ccc(C2Sc3cc(Cl)ccc3N(CCN(C)C)C(=O)C2OC=O)cc1.O=C(O)C(=O)O. The number of halogens is 1. The molecular weight excluding hydrogens is 500 g/mol. The van der Waals surface area contributed by atoms with E-state index in [-0.39, 0.29) is 5.91 Å². The zero-order valence-corrected chi connectivity index (χ0v) is 20.8. The lowest BCUT2D eigenvalue weighted by molar-refractivity contribution is -0.159. The maximum absolute atomic E-state index is 13.5. The summed E-state index contributed by atoms with van der Waals surface area (Å²) in [6.45, 7) is 1.47. The van der Waals surface area contributed by atoms with Crippen molar-refractivity contribution in [3.05, 3.63) is 53.1 Å². The smallest absolute Gasteiger partial charge is 0.414 e. The minimum Gasteiger partial charge on any atom is -0.497 e. The van der Waals surface area contributed by atoms with E-state index in [2.05, 4.69) is 0 Å². The van der Waals surface area contributed by atoms with Crippen LogP contribution in [0.15, 0.2) is 47.4 Å². The molecule has 2 aromatic rings. The Morgan fingerprint density at radius 1 is 1.14 bits per heavy atom. The van der Waals surface area contributed by atoms with Gasteiger partial charge >= 0.3 is 11.9 Å². The van der Waals surface area contributed by atoms with E-state index in [0.29, 0.717) is 30.3 Å². The molecule has 0 bridgehead atoms. The number of aliphatic carboxylic acids is 2. The molecule has 12 heteroatoms. The zero-order chi connectivity index (χ0) is 26.1. The molecule has 0 radical (unpaired) electrons. The summed E-state index contributed by atoms with van der Waals surface area (Å²) >= 11 is 7.71. The van der Waals surface area contributed by atoms with Crippen molar-refractivity contribution in [3.8, 4) is 5.75 Å². The Labute approximate surface area is 211 Å². The van der Waals surface area contributed by atoms with Crippen LogP contribution >= 0.6 is 23.4 Å². The Kier molecular flexibility index (Phi) is 10.4. The van der Waals surface area contributed by atoms with E-state index in [1.54, 1.807) is 18.1 Å². The van der Waals surface area contributed by atoms with E-state index < -0.39 is 23.3 Å². The van der Waals surface area contributed by atoms with Crippen molar-refractivity contribution in [2.24, 2.45) is 0 Å². The van der Waals surface area contributed by atoms with Gasteiger partial charge in [0.1, 0.15) is 5.75 Å². The number of hydrogen-bond acceptors (Lipinski definition) is 8. The number of carboxylic acids is 2. The summed E-state index contributed by atoms with van der Waals surface area (Å²) in [5, 5.41) is 14.9. The summed E-state index contributed by atoms with van der Waals surface area (Å²) in [4.78, 5) is 47.4. The Balaban J connectivity index is 0.000000641. The molecule has 188 valence electrons. The van der Waals surface area contributed by atoms with Crippen LogP contribution in [0, 0.1) is 0 Å². The first-order chi connectivity index (χ1) is 16.6. The summed E-state index contributed by atoms with van der Waals surface area (Å²) in [6, 6.07) is 12.9. The molecular formula is C23H25ClN2O8S. The summed E-state index contributed by atoms with van der Waals surface area (Å²) in [5.41, 5.74) is 1.62. The van der Waals surface area contributed by atoms with Crippen molar-refractivity contribution in [1.82, 2.24) is 4.90 Å². The second-order valence-electron chi connectivity index (χ2n) is 7.48. The average Bonchev–Trinajstić information content (AvgIpc) is 2.92. The third kappa shape index (κ3) is 7.61. The summed E-state index contributed by atoms with van der Waals surface area (Å²) < 4.78 is 10.6. The number of fused-ring (bicyclic) bond motifs is 1. The highest BCUT2D eigenvalue weighted by Crippen LogP contribution is 2.47. The fourth-order valence-electron chi connectivity index (χ4n) is 3.16. The normalized spacial score (nSPS) is 16.9. The molecule has 3 rings (SSSR count). The molecule has 2 atom stereocenters. The van der Waals surface area contributed by atoms with Gasteiger partial charge in [-0.05, 0) is 50.0 Å². The van der Waals surface area contributed by atoms with Crippen molar-refractivity contribution in [2.45, 2.75) is 16.2 Å². The summed E-state index contributed by atoms with van der Waals surface area (Å²) in [5.74, 6) is -3.19. The number of rotatable bonds is 7. The highest BCUT2D eigenvalue weighted by atomic mass is 35.5. The lowest BCUT2D eigenvalue weighted by Gasteiger charge is -2.27. The van der Waals surface area contributed by atoms with Crippen molar-refractivity contribution in [2.75, 3.05) is 39.2 Å². The minimum atomic E-state index is -1.82. The number of anilines is 1. The largest absolute Gasteiger partial charge is 0.497 e. The highest BCUT2D eigenvalue weighted by Gasteiger charge is 2.40. The van der Waals surface area contributed by atoms with Crippen molar-refractivity contribution in [3.63, 3.8) is 0 Å². The number of thioether (sulfide) groups is 1. The van der Waals surface area contributed by atoms with E-state index in [9.17, 15) is 9.59 Å². The molecule has 0 fully saturated rings. The van der Waals surface area contributed by atoms with Gasteiger partial charge in [0.2, 0.25) is 0 Å². The number of methoxy groups -OCH3 is 1. The molecule has 2 unspecified atom stereocenters. The summed E-state index contributed by atoms with van der Waals surface area (Å²) in [6.07, 6.45) is -0.959. The molecule has 1 aliphatic rings. The maximum Gasteiger partial charge on any atom is 0.414 e. The fourth-order valence-corrected chi connectivity index (χ4v) is 4.76. The lowest BCUT2D eigenvalue weighted by Crippen LogP contribution is -2.44. The molecule has 0 spiro atoms. The molecule has 0 saturated heterocycles. The van der Waals surface area contributed by atoms with Gasteiger partial charge in [0.15, 0.2) is 6.10 Å². The molecule has 2 aromatic carbocycles. The standard InChI is InChI=1S/C21H23ClN2O4S.C2H2O4/c1-23(2)10-11-24-17-9-6-15(22)12-18(17)29-20(19(21(24)26)28-13-25)14-4-7-16(27-3)8-5-14;3-1(4)2(5)6/h4-9,12-13,19-20H,10-11H2,1-3H3;(H,3,4)(H,5,6). The zero-order valence-electron chi connectivity index (χ0n) is 19.2. The van der Waals surface area contributed by atoms with Gasteiger partial charge in [-0.15, -0.1) is 11.8 Å². The van der Waals surface area contributed by atoms with Gasteiger partial charge in [-0.25, -0.2) is 9.59 Å². The van der Waals surface area contributed by atoms with E-state index >= 15 is 0 Å². The lowest BCUT2D eigenvalue weighted by atomic mass is 10.1.